The molecule has 0 aromatic heterocycles. The van der Waals surface area contributed by atoms with E-state index in [4.69, 9.17) is 9.47 Å². The third kappa shape index (κ3) is 2.49. The van der Waals surface area contributed by atoms with Crippen molar-refractivity contribution in [3.05, 3.63) is 0 Å². The molecule has 0 bridgehead atoms. The van der Waals surface area contributed by atoms with Crippen LogP contribution in [0.1, 0.15) is 27.7 Å². The smallest absolute Gasteiger partial charge is 0.318 e. The molecule has 1 aliphatic rings. The topological polar surface area (TPSA) is 47.9 Å². The van der Waals surface area contributed by atoms with Gasteiger partial charge >= 0.3 is 5.97 Å². The molecule has 0 aromatic carbocycles. The molecular weight excluding hydrogens is 194 g/mol. The van der Waals surface area contributed by atoms with Gasteiger partial charge in [-0.15, -0.1) is 0 Å². The minimum absolute atomic E-state index is 0.198. The van der Waals surface area contributed by atoms with Crippen molar-refractivity contribution in [2.45, 2.75) is 27.7 Å². The number of aliphatic imine (C=N–C) groups is 1. The largest absolute Gasteiger partial charge is 0.481 e. The zero-order valence-corrected chi connectivity index (χ0v) is 9.87. The van der Waals surface area contributed by atoms with Gasteiger partial charge in [-0.1, -0.05) is 13.8 Å². The maximum atomic E-state index is 11.8. The Bertz CT molecular complexity index is 271. The number of hydrogen-bond acceptors (Lipinski definition) is 4. The summed E-state index contributed by atoms with van der Waals surface area (Å²) < 4.78 is 10.4. The van der Waals surface area contributed by atoms with Gasteiger partial charge in [-0.2, -0.15) is 0 Å². The molecule has 1 heterocycles. The van der Waals surface area contributed by atoms with Gasteiger partial charge in [-0.25, -0.2) is 0 Å². The predicted molar refractivity (Wildman–Crippen MR) is 57.8 cm³/mol. The summed E-state index contributed by atoms with van der Waals surface area (Å²) in [4.78, 5) is 16.0. The zero-order valence-electron chi connectivity index (χ0n) is 9.87. The Morgan fingerprint density at radius 1 is 1.47 bits per heavy atom. The number of esters is 1. The van der Waals surface area contributed by atoms with Crippen LogP contribution in [-0.4, -0.2) is 31.6 Å². The standard InChI is InChI=1S/C11H19NO3/c1-5-14-9-8(10(13)15-6-2)11(3,4)7-12-9/h8H,5-7H2,1-4H3. The lowest BCUT2D eigenvalue weighted by Gasteiger charge is -2.24. The van der Waals surface area contributed by atoms with Crippen molar-refractivity contribution in [3.63, 3.8) is 0 Å². The second-order valence-corrected chi connectivity index (χ2v) is 4.26. The summed E-state index contributed by atoms with van der Waals surface area (Å²) in [5.41, 5.74) is -0.198. The first-order chi connectivity index (χ1) is 7.03. The molecule has 1 unspecified atom stereocenters. The molecule has 4 heteroatoms. The molecular formula is C11H19NO3. The van der Waals surface area contributed by atoms with Gasteiger partial charge in [0.05, 0.1) is 13.2 Å². The fraction of sp³-hybridized carbons (Fsp3) is 0.818. The fourth-order valence-electron chi connectivity index (χ4n) is 1.72. The molecule has 0 saturated heterocycles. The quantitative estimate of drug-likeness (QED) is 0.669. The lowest BCUT2D eigenvalue weighted by atomic mass is 9.81. The van der Waals surface area contributed by atoms with Crippen LogP contribution in [0.3, 0.4) is 0 Å². The van der Waals surface area contributed by atoms with Gasteiger partial charge in [-0.05, 0) is 13.8 Å². The number of nitrogens with zero attached hydrogens (tertiary/aromatic N) is 1. The highest BCUT2D eigenvalue weighted by atomic mass is 16.5. The SMILES string of the molecule is CCOC(=O)C1C(OCC)=NCC1(C)C. The maximum absolute atomic E-state index is 11.8. The highest BCUT2D eigenvalue weighted by Crippen LogP contribution is 2.35. The van der Waals surface area contributed by atoms with Gasteiger partial charge in [0.1, 0.15) is 5.92 Å². The highest BCUT2D eigenvalue weighted by molar-refractivity contribution is 6.00. The fourth-order valence-corrected chi connectivity index (χ4v) is 1.72. The zero-order chi connectivity index (χ0) is 11.5. The third-order valence-electron chi connectivity index (χ3n) is 2.49. The monoisotopic (exact) mass is 213 g/mol. The Hall–Kier alpha value is -1.06. The second-order valence-electron chi connectivity index (χ2n) is 4.26. The molecule has 0 fully saturated rings. The van der Waals surface area contributed by atoms with E-state index in [1.165, 1.54) is 0 Å². The van der Waals surface area contributed by atoms with Crippen molar-refractivity contribution in [2.24, 2.45) is 16.3 Å². The van der Waals surface area contributed by atoms with E-state index in [9.17, 15) is 4.79 Å². The van der Waals surface area contributed by atoms with E-state index >= 15 is 0 Å². The molecule has 0 aliphatic carbocycles. The average Bonchev–Trinajstić information content (AvgIpc) is 2.43. The summed E-state index contributed by atoms with van der Waals surface area (Å²) in [6.45, 7) is 9.24. The van der Waals surface area contributed by atoms with E-state index in [-0.39, 0.29) is 17.3 Å². The normalized spacial score (nSPS) is 23.5. The molecule has 4 nitrogen and oxygen atoms in total. The van der Waals surface area contributed by atoms with E-state index in [2.05, 4.69) is 4.99 Å². The minimum atomic E-state index is -0.350. The molecule has 0 spiro atoms. The van der Waals surface area contributed by atoms with Crippen LogP contribution in [0.25, 0.3) is 0 Å². The Morgan fingerprint density at radius 2 is 2.13 bits per heavy atom. The van der Waals surface area contributed by atoms with E-state index < -0.39 is 0 Å². The summed E-state index contributed by atoms with van der Waals surface area (Å²) in [6.07, 6.45) is 0. The Balaban J connectivity index is 2.79. The van der Waals surface area contributed by atoms with Crippen molar-refractivity contribution in [3.8, 4) is 0 Å². The summed E-state index contributed by atoms with van der Waals surface area (Å²) in [5.74, 6) is -0.0504. The predicted octanol–water partition coefficient (Wildman–Crippen LogP) is 1.64. The van der Waals surface area contributed by atoms with Crippen LogP contribution in [0, 0.1) is 11.3 Å². The van der Waals surface area contributed by atoms with E-state index in [1.807, 2.05) is 20.8 Å². The number of ether oxygens (including phenoxy) is 2. The molecule has 0 saturated carbocycles. The van der Waals surface area contributed by atoms with E-state index in [0.29, 0.717) is 25.7 Å². The van der Waals surface area contributed by atoms with Crippen LogP contribution < -0.4 is 0 Å². The molecule has 0 N–H and O–H groups in total. The molecule has 15 heavy (non-hydrogen) atoms. The van der Waals surface area contributed by atoms with Crippen molar-refractivity contribution in [1.82, 2.24) is 0 Å². The molecule has 0 aromatic rings. The first-order valence-corrected chi connectivity index (χ1v) is 5.36. The lowest BCUT2D eigenvalue weighted by molar-refractivity contribution is -0.148. The Labute approximate surface area is 90.7 Å². The number of carbonyl (C=O) groups excluding carboxylic acids is 1. The van der Waals surface area contributed by atoms with Crippen LogP contribution >= 0.6 is 0 Å². The van der Waals surface area contributed by atoms with Gasteiger partial charge in [0, 0.05) is 12.0 Å². The summed E-state index contributed by atoms with van der Waals surface area (Å²) in [5, 5.41) is 0. The molecule has 1 rings (SSSR count). The molecule has 86 valence electrons. The molecule has 0 amide bonds. The summed E-state index contributed by atoms with van der Waals surface area (Å²) >= 11 is 0. The van der Waals surface area contributed by atoms with Crippen molar-refractivity contribution >= 4 is 11.9 Å². The van der Waals surface area contributed by atoms with Gasteiger partial charge in [-0.3, -0.25) is 9.79 Å². The van der Waals surface area contributed by atoms with Crippen LogP contribution in [0.5, 0.6) is 0 Å². The van der Waals surface area contributed by atoms with Gasteiger partial charge in [0.25, 0.3) is 0 Å². The van der Waals surface area contributed by atoms with Crippen molar-refractivity contribution < 1.29 is 14.3 Å². The van der Waals surface area contributed by atoms with Crippen molar-refractivity contribution in [2.75, 3.05) is 19.8 Å². The Kier molecular flexibility index (Phi) is 3.72. The summed E-state index contributed by atoms with van der Waals surface area (Å²) in [6, 6.07) is 0. The minimum Gasteiger partial charge on any atom is -0.481 e. The van der Waals surface area contributed by atoms with Gasteiger partial charge in [0.2, 0.25) is 0 Å². The lowest BCUT2D eigenvalue weighted by Crippen LogP contribution is -2.36. The third-order valence-corrected chi connectivity index (χ3v) is 2.49. The molecule has 1 aliphatic heterocycles. The van der Waals surface area contributed by atoms with Crippen LogP contribution in [0.2, 0.25) is 0 Å². The van der Waals surface area contributed by atoms with Crippen LogP contribution in [0.15, 0.2) is 4.99 Å². The van der Waals surface area contributed by atoms with E-state index in [0.717, 1.165) is 0 Å². The first kappa shape index (κ1) is 12.0. The number of hydrogen-bond donors (Lipinski definition) is 0. The molecule has 0 radical (unpaired) electrons. The first-order valence-electron chi connectivity index (χ1n) is 5.36. The maximum Gasteiger partial charge on any atom is 0.318 e. The van der Waals surface area contributed by atoms with E-state index in [1.54, 1.807) is 6.92 Å². The average molecular weight is 213 g/mol. The van der Waals surface area contributed by atoms with Crippen LogP contribution in [0.4, 0.5) is 0 Å². The van der Waals surface area contributed by atoms with Gasteiger partial charge in [0.15, 0.2) is 5.90 Å². The number of rotatable bonds is 3. The molecule has 1 atom stereocenters. The second kappa shape index (κ2) is 4.64. The number of carbonyl (C=O) groups is 1. The van der Waals surface area contributed by atoms with Gasteiger partial charge < -0.3 is 9.47 Å². The summed E-state index contributed by atoms with van der Waals surface area (Å²) in [7, 11) is 0. The van der Waals surface area contributed by atoms with Crippen LogP contribution in [-0.2, 0) is 14.3 Å². The highest BCUT2D eigenvalue weighted by Gasteiger charge is 2.45. The van der Waals surface area contributed by atoms with Crippen molar-refractivity contribution in [1.29, 1.82) is 0 Å². The Morgan fingerprint density at radius 3 is 2.67 bits per heavy atom.